The Bertz CT molecular complexity index is 331. The Balaban J connectivity index is 2.31. The number of hydrogen-bond donors (Lipinski definition) is 1. The number of rotatable bonds is 1. The van der Waals surface area contributed by atoms with Crippen molar-refractivity contribution in [2.45, 2.75) is 24.3 Å². The first-order valence-corrected chi connectivity index (χ1v) is 4.49. The average Bonchev–Trinajstić information content (AvgIpc) is 2.14. The van der Waals surface area contributed by atoms with E-state index in [9.17, 15) is 0 Å². The summed E-state index contributed by atoms with van der Waals surface area (Å²) in [7, 11) is 0. The highest BCUT2D eigenvalue weighted by atomic mass is 14.7. The van der Waals surface area contributed by atoms with Gasteiger partial charge in [-0.05, 0) is 18.4 Å². The second kappa shape index (κ2) is 2.86. The van der Waals surface area contributed by atoms with Crippen LogP contribution in [0.3, 0.4) is 0 Å². The maximum absolute atomic E-state index is 9.10. The first-order chi connectivity index (χ1) is 6.27. The summed E-state index contributed by atoms with van der Waals surface area (Å²) in [5, 5.41) is 9.10. The summed E-state index contributed by atoms with van der Waals surface area (Å²) in [6, 6.07) is 12.5. The van der Waals surface area contributed by atoms with Crippen LogP contribution in [-0.2, 0) is 5.41 Å². The molecule has 1 aliphatic rings. The molecule has 0 saturated heterocycles. The Kier molecular flexibility index (Phi) is 1.82. The van der Waals surface area contributed by atoms with Crippen LogP contribution in [0.4, 0.5) is 0 Å². The van der Waals surface area contributed by atoms with Gasteiger partial charge in [0.2, 0.25) is 0 Å². The maximum atomic E-state index is 9.10. The van der Waals surface area contributed by atoms with Gasteiger partial charge in [-0.15, -0.1) is 0 Å². The number of benzene rings is 1. The van der Waals surface area contributed by atoms with E-state index in [1.165, 1.54) is 0 Å². The SMILES string of the molecule is N#CC1(c2ccccc2)CC(N)C1. The van der Waals surface area contributed by atoms with Gasteiger partial charge < -0.3 is 5.73 Å². The largest absolute Gasteiger partial charge is 0.328 e. The Morgan fingerprint density at radius 2 is 1.92 bits per heavy atom. The molecular weight excluding hydrogens is 160 g/mol. The highest BCUT2D eigenvalue weighted by Gasteiger charge is 2.44. The van der Waals surface area contributed by atoms with Crippen LogP contribution in [0, 0.1) is 11.3 Å². The zero-order valence-corrected chi connectivity index (χ0v) is 7.40. The minimum absolute atomic E-state index is 0.208. The third kappa shape index (κ3) is 1.22. The molecule has 0 spiro atoms. The van der Waals surface area contributed by atoms with Crippen LogP contribution in [0.25, 0.3) is 0 Å². The molecule has 0 unspecified atom stereocenters. The Morgan fingerprint density at radius 1 is 1.31 bits per heavy atom. The van der Waals surface area contributed by atoms with Crippen molar-refractivity contribution < 1.29 is 0 Å². The summed E-state index contributed by atoms with van der Waals surface area (Å²) in [6.07, 6.45) is 1.60. The van der Waals surface area contributed by atoms with Gasteiger partial charge in [-0.1, -0.05) is 30.3 Å². The van der Waals surface area contributed by atoms with Crippen molar-refractivity contribution in [1.29, 1.82) is 5.26 Å². The van der Waals surface area contributed by atoms with Gasteiger partial charge in [0, 0.05) is 6.04 Å². The zero-order valence-electron chi connectivity index (χ0n) is 7.40. The van der Waals surface area contributed by atoms with Crippen molar-refractivity contribution >= 4 is 0 Å². The quantitative estimate of drug-likeness (QED) is 0.699. The van der Waals surface area contributed by atoms with Gasteiger partial charge in [-0.3, -0.25) is 0 Å². The molecule has 0 aliphatic heterocycles. The molecule has 1 aromatic rings. The van der Waals surface area contributed by atoms with E-state index >= 15 is 0 Å². The van der Waals surface area contributed by atoms with Gasteiger partial charge >= 0.3 is 0 Å². The lowest BCUT2D eigenvalue weighted by atomic mass is 9.63. The second-order valence-electron chi connectivity index (χ2n) is 3.73. The molecule has 0 bridgehead atoms. The zero-order chi connectivity index (χ0) is 9.31. The maximum Gasteiger partial charge on any atom is 0.0851 e. The van der Waals surface area contributed by atoms with E-state index in [1.807, 2.05) is 30.3 Å². The lowest BCUT2D eigenvalue weighted by Crippen LogP contribution is -2.48. The molecule has 66 valence electrons. The molecular formula is C11H12N2. The number of hydrogen-bond acceptors (Lipinski definition) is 2. The van der Waals surface area contributed by atoms with Gasteiger partial charge in [-0.2, -0.15) is 5.26 Å². The van der Waals surface area contributed by atoms with Crippen LogP contribution >= 0.6 is 0 Å². The minimum atomic E-state index is -0.291. The third-order valence-corrected chi connectivity index (χ3v) is 2.76. The Morgan fingerprint density at radius 3 is 2.38 bits per heavy atom. The standard InChI is InChI=1S/C11H12N2/c12-8-11(6-10(13)7-11)9-4-2-1-3-5-9/h1-5,10H,6-7,13H2. The molecule has 0 amide bonds. The molecule has 2 nitrogen and oxygen atoms in total. The minimum Gasteiger partial charge on any atom is -0.328 e. The lowest BCUT2D eigenvalue weighted by molar-refractivity contribution is 0.271. The summed E-state index contributed by atoms with van der Waals surface area (Å²) >= 11 is 0. The van der Waals surface area contributed by atoms with Crippen LogP contribution in [-0.4, -0.2) is 6.04 Å². The molecule has 2 N–H and O–H groups in total. The van der Waals surface area contributed by atoms with Crippen LogP contribution in [0.2, 0.25) is 0 Å². The fourth-order valence-corrected chi connectivity index (χ4v) is 1.98. The predicted molar refractivity (Wildman–Crippen MR) is 50.9 cm³/mol. The molecule has 1 aliphatic carbocycles. The van der Waals surface area contributed by atoms with Crippen molar-refractivity contribution in [3.63, 3.8) is 0 Å². The topological polar surface area (TPSA) is 49.8 Å². The summed E-state index contributed by atoms with van der Waals surface area (Å²) in [6.45, 7) is 0. The molecule has 0 radical (unpaired) electrons. The first-order valence-electron chi connectivity index (χ1n) is 4.49. The monoisotopic (exact) mass is 172 g/mol. The van der Waals surface area contributed by atoms with E-state index in [-0.39, 0.29) is 11.5 Å². The van der Waals surface area contributed by atoms with Gasteiger partial charge in [0.25, 0.3) is 0 Å². The van der Waals surface area contributed by atoms with Crippen LogP contribution in [0.1, 0.15) is 18.4 Å². The first kappa shape index (κ1) is 8.28. The van der Waals surface area contributed by atoms with Crippen molar-refractivity contribution in [1.82, 2.24) is 0 Å². The number of nitrogens with two attached hydrogens (primary N) is 1. The van der Waals surface area contributed by atoms with Gasteiger partial charge in [-0.25, -0.2) is 0 Å². The predicted octanol–water partition coefficient (Wildman–Crippen LogP) is 1.57. The smallest absolute Gasteiger partial charge is 0.0851 e. The normalized spacial score (nSPS) is 31.8. The molecule has 0 atom stereocenters. The van der Waals surface area contributed by atoms with E-state index in [4.69, 9.17) is 11.0 Å². The molecule has 0 heterocycles. The highest BCUT2D eigenvalue weighted by molar-refractivity contribution is 5.36. The van der Waals surface area contributed by atoms with Gasteiger partial charge in [0.1, 0.15) is 0 Å². The van der Waals surface area contributed by atoms with Crippen LogP contribution in [0.5, 0.6) is 0 Å². The fourth-order valence-electron chi connectivity index (χ4n) is 1.98. The van der Waals surface area contributed by atoms with E-state index in [0.717, 1.165) is 18.4 Å². The second-order valence-corrected chi connectivity index (χ2v) is 3.73. The average molecular weight is 172 g/mol. The van der Waals surface area contributed by atoms with E-state index in [0.29, 0.717) is 0 Å². The Hall–Kier alpha value is -1.33. The van der Waals surface area contributed by atoms with Crippen LogP contribution in [0.15, 0.2) is 30.3 Å². The summed E-state index contributed by atoms with van der Waals surface area (Å²) in [4.78, 5) is 0. The van der Waals surface area contributed by atoms with E-state index < -0.39 is 0 Å². The summed E-state index contributed by atoms with van der Waals surface area (Å²) in [5.41, 5.74) is 6.54. The van der Waals surface area contributed by atoms with Crippen LogP contribution < -0.4 is 5.73 Å². The summed E-state index contributed by atoms with van der Waals surface area (Å²) < 4.78 is 0. The lowest BCUT2D eigenvalue weighted by Gasteiger charge is -2.40. The molecule has 13 heavy (non-hydrogen) atoms. The third-order valence-electron chi connectivity index (χ3n) is 2.76. The van der Waals surface area contributed by atoms with Crippen molar-refractivity contribution in [2.75, 3.05) is 0 Å². The molecule has 1 aromatic carbocycles. The molecule has 0 aromatic heterocycles. The van der Waals surface area contributed by atoms with Crippen molar-refractivity contribution in [3.8, 4) is 6.07 Å². The molecule has 1 fully saturated rings. The number of nitrogens with zero attached hydrogens (tertiary/aromatic N) is 1. The van der Waals surface area contributed by atoms with E-state index in [1.54, 1.807) is 0 Å². The highest BCUT2D eigenvalue weighted by Crippen LogP contribution is 2.42. The van der Waals surface area contributed by atoms with E-state index in [2.05, 4.69) is 6.07 Å². The molecule has 2 heteroatoms. The molecule has 2 rings (SSSR count). The molecule has 1 saturated carbocycles. The van der Waals surface area contributed by atoms with Gasteiger partial charge in [0.15, 0.2) is 0 Å². The summed E-state index contributed by atoms with van der Waals surface area (Å²) in [5.74, 6) is 0. The van der Waals surface area contributed by atoms with Gasteiger partial charge in [0.05, 0.1) is 11.5 Å². The van der Waals surface area contributed by atoms with Crippen molar-refractivity contribution in [2.24, 2.45) is 5.73 Å². The van der Waals surface area contributed by atoms with Crippen molar-refractivity contribution in [3.05, 3.63) is 35.9 Å². The number of nitriles is 1. The fraction of sp³-hybridized carbons (Fsp3) is 0.364. The Labute approximate surface area is 78.0 Å².